The molecular formula is C21H22ClN3O3. The molecule has 1 heterocycles. The SMILES string of the molecule is O=C(NCCNC(=O)C1CC(=O)N(Cc2ccccc2)C1)c1cccc(Cl)c1. The molecule has 0 saturated carbocycles. The summed E-state index contributed by atoms with van der Waals surface area (Å²) in [4.78, 5) is 38.2. The van der Waals surface area contributed by atoms with E-state index in [1.807, 2.05) is 30.3 Å². The average molecular weight is 400 g/mol. The standard InChI is InChI=1S/C21H22ClN3O3/c22-18-8-4-7-16(11-18)20(27)23-9-10-24-21(28)17-12-19(26)25(14-17)13-15-5-2-1-3-6-15/h1-8,11,17H,9-10,12-14H2,(H,23,27)(H,24,28). The van der Waals surface area contributed by atoms with Gasteiger partial charge >= 0.3 is 0 Å². The van der Waals surface area contributed by atoms with Crippen LogP contribution < -0.4 is 10.6 Å². The summed E-state index contributed by atoms with van der Waals surface area (Å²) in [6.45, 7) is 1.52. The predicted octanol–water partition coefficient (Wildman–Crippen LogP) is 2.23. The maximum atomic E-state index is 12.3. The lowest BCUT2D eigenvalue weighted by Gasteiger charge is -2.16. The van der Waals surface area contributed by atoms with E-state index < -0.39 is 0 Å². The third kappa shape index (κ3) is 5.33. The van der Waals surface area contributed by atoms with Crippen LogP contribution in [0, 0.1) is 5.92 Å². The van der Waals surface area contributed by atoms with Crippen molar-refractivity contribution in [1.82, 2.24) is 15.5 Å². The number of hydrogen-bond acceptors (Lipinski definition) is 3. The van der Waals surface area contributed by atoms with Gasteiger partial charge in [0.2, 0.25) is 11.8 Å². The summed E-state index contributed by atoms with van der Waals surface area (Å²) in [5.74, 6) is -0.791. The van der Waals surface area contributed by atoms with Gasteiger partial charge in [-0.25, -0.2) is 0 Å². The quantitative estimate of drug-likeness (QED) is 0.701. The maximum absolute atomic E-state index is 12.3. The number of halogens is 1. The highest BCUT2D eigenvalue weighted by molar-refractivity contribution is 6.30. The number of rotatable bonds is 7. The summed E-state index contributed by atoms with van der Waals surface area (Å²) in [6, 6.07) is 16.4. The minimum atomic E-state index is -0.361. The summed E-state index contributed by atoms with van der Waals surface area (Å²) >= 11 is 5.87. The molecule has 2 N–H and O–H groups in total. The predicted molar refractivity (Wildman–Crippen MR) is 107 cm³/mol. The lowest BCUT2D eigenvalue weighted by Crippen LogP contribution is -2.38. The van der Waals surface area contributed by atoms with E-state index in [9.17, 15) is 14.4 Å². The smallest absolute Gasteiger partial charge is 0.251 e. The molecule has 6 nitrogen and oxygen atoms in total. The zero-order valence-electron chi connectivity index (χ0n) is 15.4. The third-order valence-electron chi connectivity index (χ3n) is 4.60. The second kappa shape index (κ2) is 9.37. The van der Waals surface area contributed by atoms with E-state index >= 15 is 0 Å². The van der Waals surface area contributed by atoms with Crippen molar-refractivity contribution >= 4 is 29.3 Å². The first-order chi connectivity index (χ1) is 13.5. The van der Waals surface area contributed by atoms with Gasteiger partial charge in [-0.1, -0.05) is 48.0 Å². The van der Waals surface area contributed by atoms with Crippen LogP contribution in [0.15, 0.2) is 54.6 Å². The first kappa shape index (κ1) is 19.9. The van der Waals surface area contributed by atoms with Crippen LogP contribution >= 0.6 is 11.6 Å². The van der Waals surface area contributed by atoms with Crippen LogP contribution in [0.3, 0.4) is 0 Å². The second-order valence-electron chi connectivity index (χ2n) is 6.72. The largest absolute Gasteiger partial charge is 0.354 e. The number of hydrogen-bond donors (Lipinski definition) is 2. The molecule has 1 aliphatic heterocycles. The molecule has 1 saturated heterocycles. The molecule has 0 spiro atoms. The summed E-state index contributed by atoms with van der Waals surface area (Å²) in [5, 5.41) is 6.01. The molecule has 0 radical (unpaired) electrons. The minimum Gasteiger partial charge on any atom is -0.354 e. The average Bonchev–Trinajstić information content (AvgIpc) is 3.06. The summed E-state index contributed by atoms with van der Waals surface area (Å²) in [6.07, 6.45) is 0.216. The fourth-order valence-electron chi connectivity index (χ4n) is 3.14. The van der Waals surface area contributed by atoms with Crippen molar-refractivity contribution in [2.45, 2.75) is 13.0 Å². The van der Waals surface area contributed by atoms with Gasteiger partial charge < -0.3 is 15.5 Å². The monoisotopic (exact) mass is 399 g/mol. The van der Waals surface area contributed by atoms with Crippen LogP contribution in [0.4, 0.5) is 0 Å². The van der Waals surface area contributed by atoms with E-state index in [4.69, 9.17) is 11.6 Å². The van der Waals surface area contributed by atoms with Gasteiger partial charge in [-0.3, -0.25) is 14.4 Å². The van der Waals surface area contributed by atoms with Crippen LogP contribution in [0.2, 0.25) is 5.02 Å². The van der Waals surface area contributed by atoms with E-state index in [0.29, 0.717) is 36.8 Å². The Kier molecular flexibility index (Phi) is 6.66. The Balaban J connectivity index is 1.40. The highest BCUT2D eigenvalue weighted by Gasteiger charge is 2.33. The molecule has 1 fully saturated rings. The molecule has 28 heavy (non-hydrogen) atoms. The van der Waals surface area contributed by atoms with Crippen LogP contribution in [0.5, 0.6) is 0 Å². The topological polar surface area (TPSA) is 78.5 Å². The fourth-order valence-corrected chi connectivity index (χ4v) is 3.33. The van der Waals surface area contributed by atoms with Crippen molar-refractivity contribution in [1.29, 1.82) is 0 Å². The van der Waals surface area contributed by atoms with Gasteiger partial charge in [0.25, 0.3) is 5.91 Å². The minimum absolute atomic E-state index is 0.0155. The Labute approximate surface area is 168 Å². The molecule has 7 heteroatoms. The number of benzene rings is 2. The molecule has 2 aromatic rings. The fraction of sp³-hybridized carbons (Fsp3) is 0.286. The Bertz CT molecular complexity index is 857. The molecule has 146 valence electrons. The molecule has 0 aromatic heterocycles. The molecule has 1 aliphatic rings. The summed E-state index contributed by atoms with van der Waals surface area (Å²) in [7, 11) is 0. The third-order valence-corrected chi connectivity index (χ3v) is 4.83. The van der Waals surface area contributed by atoms with Crippen molar-refractivity contribution in [3.63, 3.8) is 0 Å². The first-order valence-electron chi connectivity index (χ1n) is 9.16. The number of likely N-dealkylation sites (tertiary alicyclic amines) is 1. The lowest BCUT2D eigenvalue weighted by atomic mass is 10.1. The lowest BCUT2D eigenvalue weighted by molar-refractivity contribution is -0.129. The molecular weight excluding hydrogens is 378 g/mol. The Hall–Kier alpha value is -2.86. The molecule has 0 bridgehead atoms. The zero-order valence-corrected chi connectivity index (χ0v) is 16.1. The summed E-state index contributed by atoms with van der Waals surface area (Å²) < 4.78 is 0. The first-order valence-corrected chi connectivity index (χ1v) is 9.54. The van der Waals surface area contributed by atoms with Gasteiger partial charge in [0.15, 0.2) is 0 Å². The van der Waals surface area contributed by atoms with Gasteiger partial charge in [0.1, 0.15) is 0 Å². The Morgan fingerprint density at radius 2 is 1.79 bits per heavy atom. The van der Waals surface area contributed by atoms with Gasteiger partial charge in [0, 0.05) is 43.2 Å². The number of nitrogens with one attached hydrogen (secondary N) is 2. The number of amides is 3. The van der Waals surface area contributed by atoms with Gasteiger partial charge in [-0.05, 0) is 23.8 Å². The van der Waals surface area contributed by atoms with Crippen molar-refractivity contribution in [3.05, 3.63) is 70.7 Å². The molecule has 3 amide bonds. The van der Waals surface area contributed by atoms with Crippen LogP contribution in [0.25, 0.3) is 0 Å². The number of carbonyl (C=O) groups excluding carboxylic acids is 3. The van der Waals surface area contributed by atoms with Gasteiger partial charge in [0.05, 0.1) is 5.92 Å². The maximum Gasteiger partial charge on any atom is 0.251 e. The zero-order chi connectivity index (χ0) is 19.9. The van der Waals surface area contributed by atoms with E-state index in [1.165, 1.54) is 0 Å². The van der Waals surface area contributed by atoms with E-state index in [-0.39, 0.29) is 30.1 Å². The van der Waals surface area contributed by atoms with Crippen molar-refractivity contribution in [3.8, 4) is 0 Å². The van der Waals surface area contributed by atoms with E-state index in [1.54, 1.807) is 29.2 Å². The second-order valence-corrected chi connectivity index (χ2v) is 7.15. The molecule has 0 aliphatic carbocycles. The Morgan fingerprint density at radius 3 is 2.54 bits per heavy atom. The number of nitrogens with zero attached hydrogens (tertiary/aromatic N) is 1. The van der Waals surface area contributed by atoms with E-state index in [2.05, 4.69) is 10.6 Å². The van der Waals surface area contributed by atoms with Crippen LogP contribution in [0.1, 0.15) is 22.3 Å². The highest BCUT2D eigenvalue weighted by Crippen LogP contribution is 2.20. The van der Waals surface area contributed by atoms with Gasteiger partial charge in [-0.2, -0.15) is 0 Å². The highest BCUT2D eigenvalue weighted by atomic mass is 35.5. The van der Waals surface area contributed by atoms with Crippen LogP contribution in [-0.4, -0.2) is 42.3 Å². The summed E-state index contributed by atoms with van der Waals surface area (Å²) in [5.41, 5.74) is 1.51. The molecule has 3 rings (SSSR count). The van der Waals surface area contributed by atoms with Gasteiger partial charge in [-0.15, -0.1) is 0 Å². The van der Waals surface area contributed by atoms with Crippen molar-refractivity contribution in [2.75, 3.05) is 19.6 Å². The number of carbonyl (C=O) groups is 3. The molecule has 1 unspecified atom stereocenters. The molecule has 1 atom stereocenters. The van der Waals surface area contributed by atoms with Crippen molar-refractivity contribution < 1.29 is 14.4 Å². The van der Waals surface area contributed by atoms with E-state index in [0.717, 1.165) is 5.56 Å². The van der Waals surface area contributed by atoms with Crippen molar-refractivity contribution in [2.24, 2.45) is 5.92 Å². The normalized spacial score (nSPS) is 16.1. The van der Waals surface area contributed by atoms with Crippen LogP contribution in [-0.2, 0) is 16.1 Å². The molecule has 2 aromatic carbocycles. The Morgan fingerprint density at radius 1 is 1.04 bits per heavy atom.